The first-order chi connectivity index (χ1) is 10.3. The first kappa shape index (κ1) is 16.5. The predicted molar refractivity (Wildman–Crippen MR) is 77.7 cm³/mol. The van der Waals surface area contributed by atoms with E-state index in [0.29, 0.717) is 5.56 Å². The minimum absolute atomic E-state index is 0.344. The molecule has 0 aromatic heterocycles. The number of hydrogen-bond acceptors (Lipinski definition) is 3. The van der Waals surface area contributed by atoms with Crippen molar-refractivity contribution in [1.29, 1.82) is 0 Å². The molecule has 2 rings (SSSR count). The van der Waals surface area contributed by atoms with Crippen molar-refractivity contribution >= 4 is 10.0 Å². The monoisotopic (exact) mass is 327 g/mol. The van der Waals surface area contributed by atoms with Gasteiger partial charge in [0.05, 0.1) is 6.10 Å². The lowest BCUT2D eigenvalue weighted by molar-refractivity contribution is 0.181. The highest BCUT2D eigenvalue weighted by Gasteiger charge is 2.22. The summed E-state index contributed by atoms with van der Waals surface area (Å²) in [7, 11) is -4.25. The maximum absolute atomic E-state index is 13.6. The summed E-state index contributed by atoms with van der Waals surface area (Å²) in [6.45, 7) is 1.43. The van der Waals surface area contributed by atoms with Crippen LogP contribution in [0.5, 0.6) is 0 Å². The van der Waals surface area contributed by atoms with E-state index >= 15 is 0 Å². The summed E-state index contributed by atoms with van der Waals surface area (Å²) in [6, 6.07) is 9.84. The van der Waals surface area contributed by atoms with Crippen molar-refractivity contribution in [2.75, 3.05) is 6.54 Å². The maximum Gasteiger partial charge on any atom is 0.243 e. The van der Waals surface area contributed by atoms with Gasteiger partial charge in [0.15, 0.2) is 11.6 Å². The van der Waals surface area contributed by atoms with E-state index in [1.54, 1.807) is 31.2 Å². The highest BCUT2D eigenvalue weighted by Crippen LogP contribution is 2.19. The fourth-order valence-electron chi connectivity index (χ4n) is 2.03. The number of sulfonamides is 1. The number of hydrogen-bond donors (Lipinski definition) is 2. The maximum atomic E-state index is 13.6. The molecular weight excluding hydrogens is 312 g/mol. The van der Waals surface area contributed by atoms with Gasteiger partial charge in [-0.05, 0) is 30.2 Å². The van der Waals surface area contributed by atoms with E-state index in [2.05, 4.69) is 4.72 Å². The predicted octanol–water partition coefficient (Wildman–Crippen LogP) is 2.29. The Morgan fingerprint density at radius 1 is 1.14 bits per heavy atom. The molecular formula is C15H15F2NO3S. The van der Waals surface area contributed by atoms with Crippen LogP contribution in [-0.4, -0.2) is 20.1 Å². The van der Waals surface area contributed by atoms with Gasteiger partial charge in [-0.2, -0.15) is 0 Å². The summed E-state index contributed by atoms with van der Waals surface area (Å²) < 4.78 is 52.7. The molecule has 7 heteroatoms. The summed E-state index contributed by atoms with van der Waals surface area (Å²) in [4.78, 5) is -0.788. The normalized spacial score (nSPS) is 13.1. The van der Waals surface area contributed by atoms with Gasteiger partial charge in [-0.3, -0.25) is 0 Å². The van der Waals surface area contributed by atoms with Gasteiger partial charge in [-0.1, -0.05) is 30.3 Å². The molecule has 0 saturated heterocycles. The van der Waals surface area contributed by atoms with Gasteiger partial charge in [-0.15, -0.1) is 0 Å². The minimum atomic E-state index is -4.25. The number of aliphatic hydroxyl groups is 1. The molecule has 0 aliphatic rings. The molecule has 0 saturated carbocycles. The van der Waals surface area contributed by atoms with Crippen molar-refractivity contribution in [1.82, 2.24) is 4.72 Å². The van der Waals surface area contributed by atoms with Crippen LogP contribution in [0.25, 0.3) is 0 Å². The third kappa shape index (κ3) is 3.49. The Kier molecular flexibility index (Phi) is 4.90. The van der Waals surface area contributed by atoms with Crippen molar-refractivity contribution in [3.63, 3.8) is 0 Å². The SMILES string of the molecule is Cc1ccccc1C(O)CNS(=O)(=O)c1cccc(F)c1F. The molecule has 0 fully saturated rings. The summed E-state index contributed by atoms with van der Waals surface area (Å²) in [5.74, 6) is -2.69. The molecule has 0 spiro atoms. The molecule has 118 valence electrons. The van der Waals surface area contributed by atoms with Crippen LogP contribution in [0.1, 0.15) is 17.2 Å². The van der Waals surface area contributed by atoms with Crippen LogP contribution < -0.4 is 4.72 Å². The summed E-state index contributed by atoms with van der Waals surface area (Å²) in [5, 5.41) is 10.0. The Bertz CT molecular complexity index is 778. The average molecular weight is 327 g/mol. The Morgan fingerprint density at radius 2 is 1.82 bits per heavy atom. The molecule has 4 nitrogen and oxygen atoms in total. The molecule has 2 aromatic carbocycles. The van der Waals surface area contributed by atoms with E-state index in [4.69, 9.17) is 0 Å². The van der Waals surface area contributed by atoms with Crippen LogP contribution in [0, 0.1) is 18.6 Å². The number of benzene rings is 2. The van der Waals surface area contributed by atoms with Crippen molar-refractivity contribution in [3.8, 4) is 0 Å². The van der Waals surface area contributed by atoms with E-state index in [9.17, 15) is 22.3 Å². The third-order valence-electron chi connectivity index (χ3n) is 3.22. The summed E-state index contributed by atoms with van der Waals surface area (Å²) >= 11 is 0. The minimum Gasteiger partial charge on any atom is -0.387 e. The summed E-state index contributed by atoms with van der Waals surface area (Å²) in [5.41, 5.74) is 1.36. The number of halogens is 2. The number of aryl methyl sites for hydroxylation is 1. The van der Waals surface area contributed by atoms with Crippen molar-refractivity contribution in [2.45, 2.75) is 17.9 Å². The highest BCUT2D eigenvalue weighted by atomic mass is 32.2. The van der Waals surface area contributed by atoms with Crippen LogP contribution in [0.3, 0.4) is 0 Å². The lowest BCUT2D eigenvalue weighted by atomic mass is 10.0. The van der Waals surface area contributed by atoms with E-state index < -0.39 is 32.7 Å². The van der Waals surface area contributed by atoms with E-state index in [0.717, 1.165) is 23.8 Å². The first-order valence-electron chi connectivity index (χ1n) is 6.50. The molecule has 0 bridgehead atoms. The topological polar surface area (TPSA) is 66.4 Å². The molecule has 22 heavy (non-hydrogen) atoms. The van der Waals surface area contributed by atoms with Crippen LogP contribution in [0.15, 0.2) is 47.4 Å². The first-order valence-corrected chi connectivity index (χ1v) is 7.98. The molecule has 1 unspecified atom stereocenters. The molecule has 0 aliphatic heterocycles. The van der Waals surface area contributed by atoms with Gasteiger partial charge < -0.3 is 5.11 Å². The standard InChI is InChI=1S/C15H15F2NO3S/c1-10-5-2-3-6-11(10)13(19)9-18-22(20,21)14-8-4-7-12(16)15(14)17/h2-8,13,18-19H,9H2,1H3. The van der Waals surface area contributed by atoms with Crippen molar-refractivity contribution < 1.29 is 22.3 Å². The van der Waals surface area contributed by atoms with E-state index in [1.807, 2.05) is 0 Å². The lowest BCUT2D eigenvalue weighted by Crippen LogP contribution is -2.29. The zero-order valence-electron chi connectivity index (χ0n) is 11.8. The van der Waals surface area contributed by atoms with Gasteiger partial charge in [-0.25, -0.2) is 21.9 Å². The Morgan fingerprint density at radius 3 is 2.50 bits per heavy atom. The Balaban J connectivity index is 2.17. The molecule has 2 aromatic rings. The van der Waals surface area contributed by atoms with E-state index in [1.165, 1.54) is 0 Å². The van der Waals surface area contributed by atoms with Crippen LogP contribution in [-0.2, 0) is 10.0 Å². The summed E-state index contributed by atoms with van der Waals surface area (Å²) in [6.07, 6.45) is -1.09. The smallest absolute Gasteiger partial charge is 0.243 e. The second kappa shape index (κ2) is 6.51. The zero-order chi connectivity index (χ0) is 16.3. The van der Waals surface area contributed by atoms with Gasteiger partial charge in [0.2, 0.25) is 10.0 Å². The lowest BCUT2D eigenvalue weighted by Gasteiger charge is -2.15. The number of nitrogens with one attached hydrogen (secondary N) is 1. The Labute approximate surface area is 127 Å². The fraction of sp³-hybridized carbons (Fsp3) is 0.200. The highest BCUT2D eigenvalue weighted by molar-refractivity contribution is 7.89. The van der Waals surface area contributed by atoms with E-state index in [-0.39, 0.29) is 6.54 Å². The molecule has 0 amide bonds. The second-order valence-corrected chi connectivity index (χ2v) is 6.51. The number of rotatable bonds is 5. The van der Waals surface area contributed by atoms with Crippen LogP contribution in [0.4, 0.5) is 8.78 Å². The van der Waals surface area contributed by atoms with Crippen LogP contribution >= 0.6 is 0 Å². The van der Waals surface area contributed by atoms with Crippen molar-refractivity contribution in [3.05, 3.63) is 65.2 Å². The van der Waals surface area contributed by atoms with Crippen LogP contribution in [0.2, 0.25) is 0 Å². The van der Waals surface area contributed by atoms with Gasteiger partial charge in [0, 0.05) is 6.54 Å². The van der Waals surface area contributed by atoms with Gasteiger partial charge in [0.1, 0.15) is 4.90 Å². The second-order valence-electron chi connectivity index (χ2n) is 4.78. The number of aliphatic hydroxyl groups excluding tert-OH is 1. The zero-order valence-corrected chi connectivity index (χ0v) is 12.6. The quantitative estimate of drug-likeness (QED) is 0.885. The molecule has 0 aliphatic carbocycles. The average Bonchev–Trinajstić information content (AvgIpc) is 2.48. The van der Waals surface area contributed by atoms with Gasteiger partial charge in [0.25, 0.3) is 0 Å². The molecule has 2 N–H and O–H groups in total. The fourth-order valence-corrected chi connectivity index (χ4v) is 3.15. The molecule has 1 atom stereocenters. The third-order valence-corrected chi connectivity index (χ3v) is 4.66. The molecule has 0 heterocycles. The largest absolute Gasteiger partial charge is 0.387 e. The Hall–Kier alpha value is -1.83. The van der Waals surface area contributed by atoms with Crippen molar-refractivity contribution in [2.24, 2.45) is 0 Å². The molecule has 0 radical (unpaired) electrons. The van der Waals surface area contributed by atoms with Gasteiger partial charge >= 0.3 is 0 Å².